The molecular formula is C48H75FN10O10S. The molecule has 0 aliphatic carbocycles. The second-order valence-corrected chi connectivity index (χ2v) is 19.7. The average Bonchev–Trinajstić information content (AvgIpc) is 4.10. The number of hydrogen-bond donors (Lipinski definition) is 5. The number of nitrogen functional groups attached to an aromatic ring is 1. The van der Waals surface area contributed by atoms with Gasteiger partial charge in [0.1, 0.15) is 29.5 Å². The van der Waals surface area contributed by atoms with E-state index in [2.05, 4.69) is 38.1 Å². The highest BCUT2D eigenvalue weighted by Gasteiger charge is 2.59. The minimum Gasteiger partial charge on any atom is -0.458 e. The van der Waals surface area contributed by atoms with E-state index in [4.69, 9.17) is 29.4 Å². The van der Waals surface area contributed by atoms with Crippen molar-refractivity contribution in [2.75, 3.05) is 52.8 Å². The number of likely N-dealkylation sites (N-methyl/N-ethyl adjacent to an activating group) is 1. The predicted octanol–water partition coefficient (Wildman–Crippen LogP) is 4.65. The smallest absolute Gasteiger partial charge is 0.410 e. The maximum absolute atomic E-state index is 14.6. The molecule has 0 bridgehead atoms. The third kappa shape index (κ3) is 13.4. The quantitative estimate of drug-likeness (QED) is 0.0638. The van der Waals surface area contributed by atoms with Crippen LogP contribution in [0.5, 0.6) is 0 Å². The first-order valence-electron chi connectivity index (χ1n) is 24.1. The molecule has 2 amide bonds. The summed E-state index contributed by atoms with van der Waals surface area (Å²) < 4.78 is 43.9. The first kappa shape index (κ1) is 56.2. The maximum atomic E-state index is 14.6. The molecule has 13 atom stereocenters. The third-order valence-electron chi connectivity index (χ3n) is 13.9. The fourth-order valence-electron chi connectivity index (χ4n) is 10.2. The van der Waals surface area contributed by atoms with Gasteiger partial charge >= 0.3 is 12.1 Å². The van der Waals surface area contributed by atoms with Crippen molar-refractivity contribution < 1.29 is 51.9 Å². The molecule has 3 saturated heterocycles. The minimum absolute atomic E-state index is 0.0852. The van der Waals surface area contributed by atoms with Gasteiger partial charge in [0, 0.05) is 80.6 Å². The maximum Gasteiger partial charge on any atom is 0.410 e. The number of Topliss-reactive ketones (excluding diaryl/α,β-unsaturated/α-hetero) is 1. The van der Waals surface area contributed by atoms with Crippen LogP contribution in [0.3, 0.4) is 0 Å². The van der Waals surface area contributed by atoms with Gasteiger partial charge in [-0.3, -0.25) is 29.1 Å². The zero-order valence-corrected chi connectivity index (χ0v) is 43.2. The minimum atomic E-state index is -1.28. The monoisotopic (exact) mass is 1000 g/mol. The van der Waals surface area contributed by atoms with E-state index in [0.717, 1.165) is 5.56 Å². The highest BCUT2D eigenvalue weighted by Crippen LogP contribution is 2.40. The second kappa shape index (κ2) is 25.1. The van der Waals surface area contributed by atoms with Gasteiger partial charge in [-0.2, -0.15) is 8.98 Å². The molecule has 6 N–H and O–H groups in total. The molecule has 5 heterocycles. The molecule has 2 aromatic heterocycles. The van der Waals surface area contributed by atoms with Crippen molar-refractivity contribution in [1.29, 1.82) is 0 Å². The summed E-state index contributed by atoms with van der Waals surface area (Å²) >= 11 is 0.250. The van der Waals surface area contributed by atoms with Gasteiger partial charge < -0.3 is 50.1 Å². The van der Waals surface area contributed by atoms with E-state index in [1.807, 2.05) is 70.2 Å². The number of H-pyrrole nitrogens is 1. The number of ether oxygens (including phenoxy) is 5. The Morgan fingerprint density at radius 3 is 2.49 bits per heavy atom. The van der Waals surface area contributed by atoms with Crippen LogP contribution in [0, 0.1) is 17.8 Å². The molecule has 390 valence electrons. The Morgan fingerprint density at radius 2 is 1.84 bits per heavy atom. The number of esters is 1. The number of fused-ring (bicyclic) bond motifs is 1. The number of aromatic amines is 1. The Morgan fingerprint density at radius 1 is 1.13 bits per heavy atom. The fourth-order valence-corrected chi connectivity index (χ4v) is 10.2. The Kier molecular flexibility index (Phi) is 20.2. The number of halogens is 1. The van der Waals surface area contributed by atoms with Crippen LogP contribution in [-0.2, 0) is 39.8 Å². The molecule has 70 heavy (non-hydrogen) atoms. The number of amides is 2. The third-order valence-corrected chi connectivity index (χ3v) is 13.9. The number of unbranched alkanes of at least 4 members (excludes halogenated alkanes) is 1. The molecule has 3 aromatic rings. The zero-order chi connectivity index (χ0) is 51.5. The first-order chi connectivity index (χ1) is 33.2. The van der Waals surface area contributed by atoms with Crippen molar-refractivity contribution in [2.24, 2.45) is 17.8 Å². The summed E-state index contributed by atoms with van der Waals surface area (Å²) in [4.78, 5) is 59.1. The molecular weight excluding hydrogens is 928 g/mol. The SMILES string of the molecule is CC[C@H]1OC(=O)[C@H](C)C(=O)[C@H](C)[C@@H](O[C@@H]2OC(CNC(=O)c3ccn[nH]3)CC(N(C)C)C2O)[C@](C)(OC)C[C@@H](C)CN[C@H](C)[C@H]2N(CCCCn3cc(-c4cccc(N)c4)nn3)C(=O)O[C@]12C.CSF. The lowest BCUT2D eigenvalue weighted by atomic mass is 9.78. The van der Waals surface area contributed by atoms with Crippen LogP contribution < -0.4 is 16.4 Å². The van der Waals surface area contributed by atoms with Crippen molar-refractivity contribution in [1.82, 2.24) is 45.6 Å². The average molecular weight is 1000 g/mol. The van der Waals surface area contributed by atoms with Gasteiger partial charge in [0.2, 0.25) is 0 Å². The van der Waals surface area contributed by atoms with E-state index in [1.165, 1.54) is 19.4 Å². The number of cyclic esters (lactones) is 1. The van der Waals surface area contributed by atoms with Gasteiger partial charge in [-0.05, 0) is 105 Å². The summed E-state index contributed by atoms with van der Waals surface area (Å²) in [5.41, 5.74) is 6.06. The number of nitrogens with two attached hydrogens (primary N) is 1. The Labute approximate surface area is 415 Å². The van der Waals surface area contributed by atoms with Crippen LogP contribution >= 0.6 is 12.1 Å². The largest absolute Gasteiger partial charge is 0.458 e. The number of anilines is 1. The number of aliphatic hydroxyl groups is 1. The number of methoxy groups -OCH3 is 1. The number of carbonyl (C=O) groups is 4. The second-order valence-electron chi connectivity index (χ2n) is 19.4. The van der Waals surface area contributed by atoms with Gasteiger partial charge in [0.15, 0.2) is 17.7 Å². The summed E-state index contributed by atoms with van der Waals surface area (Å²) in [6.07, 6.45) is 1.72. The topological polar surface area (TPSA) is 251 Å². The van der Waals surface area contributed by atoms with Gasteiger partial charge in [0.25, 0.3) is 5.91 Å². The van der Waals surface area contributed by atoms with Crippen LogP contribution in [0.4, 0.5) is 14.4 Å². The predicted molar refractivity (Wildman–Crippen MR) is 262 cm³/mol. The molecule has 3 unspecified atom stereocenters. The number of hydrogen-bond acceptors (Lipinski definition) is 17. The molecule has 6 rings (SSSR count). The normalized spacial score (nSPS) is 32.2. The van der Waals surface area contributed by atoms with Gasteiger partial charge in [-0.25, -0.2) is 4.79 Å². The molecule has 3 aliphatic heterocycles. The van der Waals surface area contributed by atoms with Crippen molar-refractivity contribution in [2.45, 2.75) is 147 Å². The number of aryl methyl sites for hydroxylation is 1. The molecule has 1 aromatic carbocycles. The Balaban J connectivity index is 0.00000296. The highest BCUT2D eigenvalue weighted by atomic mass is 32.2. The lowest BCUT2D eigenvalue weighted by Crippen LogP contribution is -2.61. The summed E-state index contributed by atoms with van der Waals surface area (Å²) in [5.74, 6) is -3.89. The van der Waals surface area contributed by atoms with Crippen LogP contribution in [0.15, 0.2) is 42.7 Å². The van der Waals surface area contributed by atoms with E-state index in [1.54, 1.807) is 36.6 Å². The molecule has 0 radical (unpaired) electrons. The zero-order valence-electron chi connectivity index (χ0n) is 42.4. The number of nitrogens with one attached hydrogen (secondary N) is 3. The van der Waals surface area contributed by atoms with Crippen LogP contribution in [0.25, 0.3) is 11.3 Å². The van der Waals surface area contributed by atoms with E-state index in [9.17, 15) is 28.2 Å². The first-order valence-corrected chi connectivity index (χ1v) is 25.2. The fraction of sp³-hybridized carbons (Fsp3) is 0.688. The van der Waals surface area contributed by atoms with Crippen molar-refractivity contribution in [3.63, 3.8) is 0 Å². The number of carbonyl (C=O) groups excluding carboxylic acids is 4. The molecule has 3 fully saturated rings. The molecule has 3 aliphatic rings. The van der Waals surface area contributed by atoms with Crippen molar-refractivity contribution >= 4 is 41.6 Å². The summed E-state index contributed by atoms with van der Waals surface area (Å²) in [7, 11) is 5.23. The van der Waals surface area contributed by atoms with Gasteiger partial charge in [0.05, 0.1) is 30.0 Å². The summed E-state index contributed by atoms with van der Waals surface area (Å²) in [6.45, 7) is 14.3. The molecule has 22 heteroatoms. The number of benzene rings is 1. The van der Waals surface area contributed by atoms with Gasteiger partial charge in [-0.15, -0.1) is 5.10 Å². The van der Waals surface area contributed by atoms with Crippen LogP contribution in [0.2, 0.25) is 0 Å². The number of nitrogens with zero attached hydrogens (tertiary/aromatic N) is 6. The molecule has 20 nitrogen and oxygen atoms in total. The van der Waals surface area contributed by atoms with Crippen molar-refractivity contribution in [3.05, 3.63) is 48.4 Å². The van der Waals surface area contributed by atoms with E-state index in [-0.39, 0.29) is 36.6 Å². The van der Waals surface area contributed by atoms with E-state index < -0.39 is 83.7 Å². The standard InChI is InChI=1S/C47H72N10O10.CH3FS/c1-11-37-47(7)40(57(45(62)67-47)20-13-12-19-56-26-35(53-54-56)31-15-14-16-32(48)21-31)30(5)49-24-27(2)23-46(6,63-10)41(28(3)38(58)29(4)43(61)65-37)66-44-39(59)36(55(8)9)22-33(64-44)25-50-42(60)34-17-18-51-52-34;1-3-2/h14-18,21,26-30,33,36-37,39-41,44,49,59H,11-13,19-20,22-25,48H2,1-10H3,(H,50,60)(H,51,52);1H3/t27-,28+,29-,30-,33?,36?,37-,39?,40-,41-,44+,46-,47-;/m1./s1. The lowest BCUT2D eigenvalue weighted by molar-refractivity contribution is -0.296. The van der Waals surface area contributed by atoms with Crippen molar-refractivity contribution in [3.8, 4) is 11.3 Å². The summed E-state index contributed by atoms with van der Waals surface area (Å²) in [6, 6.07) is 7.69. The Bertz CT molecular complexity index is 2170. The van der Waals surface area contributed by atoms with Gasteiger partial charge in [-0.1, -0.05) is 38.1 Å². The highest BCUT2D eigenvalue weighted by molar-refractivity contribution is 7.93. The Hall–Kier alpha value is -4.71. The molecule has 0 saturated carbocycles. The number of aromatic nitrogens is 5. The van der Waals surface area contributed by atoms with Crippen LogP contribution in [-0.4, -0.2) is 171 Å². The summed E-state index contributed by atoms with van der Waals surface area (Å²) in [5, 5.41) is 33.4. The number of aliphatic hydroxyl groups excluding tert-OH is 1. The lowest BCUT2D eigenvalue weighted by Gasteiger charge is -2.47. The van der Waals surface area contributed by atoms with Crippen LogP contribution in [0.1, 0.15) is 91.1 Å². The van der Waals surface area contributed by atoms with E-state index >= 15 is 0 Å². The number of ketones is 1. The molecule has 0 spiro atoms. The number of rotatable bonds is 14. The van der Waals surface area contributed by atoms with E-state index in [0.29, 0.717) is 68.8 Å².